The monoisotopic (exact) mass is 386 g/mol. The molecule has 0 aliphatic carbocycles. The molecule has 0 unspecified atom stereocenters. The molecule has 0 aliphatic heterocycles. The molecule has 0 saturated carbocycles. The molecule has 26 heavy (non-hydrogen) atoms. The van der Waals surface area contributed by atoms with Crippen LogP contribution < -0.4 is 4.74 Å². The van der Waals surface area contributed by atoms with Gasteiger partial charge in [-0.25, -0.2) is 9.59 Å². The van der Waals surface area contributed by atoms with Crippen molar-refractivity contribution in [3.05, 3.63) is 64.9 Å². The fourth-order valence-electron chi connectivity index (χ4n) is 2.62. The number of carbonyl (C=O) groups excluding carboxylic acids is 2. The topological polar surface area (TPSA) is 65.7 Å². The minimum Gasteiger partial charge on any atom is -0.463 e. The highest BCUT2D eigenvalue weighted by Crippen LogP contribution is 2.44. The lowest BCUT2D eigenvalue weighted by Gasteiger charge is -2.05. The van der Waals surface area contributed by atoms with Gasteiger partial charge in [0.15, 0.2) is 5.58 Å². The lowest BCUT2D eigenvalue weighted by atomic mass is 10.2. The molecule has 0 fully saturated rings. The number of benzene rings is 2. The molecule has 0 amide bonds. The fraction of sp³-hybridized carbons (Fsp3) is 0.0526. The second kappa shape index (κ2) is 6.48. The Bertz CT molecular complexity index is 1160. The Hall–Kier alpha value is -2.83. The van der Waals surface area contributed by atoms with Gasteiger partial charge in [0, 0.05) is 10.1 Å². The van der Waals surface area contributed by atoms with E-state index in [4.69, 9.17) is 25.5 Å². The van der Waals surface area contributed by atoms with Crippen molar-refractivity contribution < 1.29 is 23.5 Å². The zero-order chi connectivity index (χ0) is 18.3. The van der Waals surface area contributed by atoms with E-state index in [1.54, 1.807) is 24.3 Å². The van der Waals surface area contributed by atoms with Crippen molar-refractivity contribution in [3.8, 4) is 5.75 Å². The number of fused-ring (bicyclic) bond motifs is 3. The van der Waals surface area contributed by atoms with Crippen LogP contribution in [0.15, 0.2) is 52.9 Å². The zero-order valence-electron chi connectivity index (χ0n) is 13.4. The molecule has 0 atom stereocenters. The van der Waals surface area contributed by atoms with Crippen LogP contribution >= 0.6 is 22.9 Å². The van der Waals surface area contributed by atoms with Crippen LogP contribution in [-0.2, 0) is 4.74 Å². The predicted molar refractivity (Wildman–Crippen MR) is 99.3 cm³/mol. The molecular weight excluding hydrogens is 376 g/mol. The molecule has 0 bridgehead atoms. The second-order valence-corrected chi connectivity index (χ2v) is 6.84. The van der Waals surface area contributed by atoms with Crippen LogP contribution in [0.4, 0.5) is 0 Å². The lowest BCUT2D eigenvalue weighted by Crippen LogP contribution is -2.11. The summed E-state index contributed by atoms with van der Waals surface area (Å²) in [7, 11) is 1.23. The van der Waals surface area contributed by atoms with E-state index in [2.05, 4.69) is 0 Å². The van der Waals surface area contributed by atoms with Crippen LogP contribution in [0.25, 0.3) is 20.4 Å². The summed E-state index contributed by atoms with van der Waals surface area (Å²) in [4.78, 5) is 24.7. The smallest absolute Gasteiger partial charge is 0.378 e. The van der Waals surface area contributed by atoms with Crippen LogP contribution in [0.3, 0.4) is 0 Å². The Morgan fingerprint density at radius 1 is 1.04 bits per heavy atom. The normalized spacial score (nSPS) is 11.0. The van der Waals surface area contributed by atoms with Crippen molar-refractivity contribution in [2.75, 3.05) is 7.11 Å². The summed E-state index contributed by atoms with van der Waals surface area (Å²) in [6.07, 6.45) is 0. The third-order valence-electron chi connectivity index (χ3n) is 3.83. The first kappa shape index (κ1) is 16.6. The maximum atomic E-state index is 12.6. The van der Waals surface area contributed by atoms with E-state index in [1.165, 1.54) is 18.4 Å². The molecule has 130 valence electrons. The predicted octanol–water partition coefficient (Wildman–Crippen LogP) is 5.31. The molecule has 0 N–H and O–H groups in total. The number of esters is 2. The average Bonchev–Trinajstić information content (AvgIpc) is 3.18. The first-order valence-electron chi connectivity index (χ1n) is 7.59. The molecule has 4 aromatic rings. The minimum absolute atomic E-state index is 0.0398. The molecule has 0 radical (unpaired) electrons. The van der Waals surface area contributed by atoms with Gasteiger partial charge < -0.3 is 13.9 Å². The summed E-state index contributed by atoms with van der Waals surface area (Å²) < 4.78 is 17.5. The van der Waals surface area contributed by atoms with Gasteiger partial charge in [0.05, 0.1) is 17.7 Å². The number of hydrogen-bond acceptors (Lipinski definition) is 6. The number of carbonyl (C=O) groups is 2. The summed E-state index contributed by atoms with van der Waals surface area (Å²) in [6, 6.07) is 14.1. The maximum Gasteiger partial charge on any atom is 0.378 e. The minimum atomic E-state index is -0.723. The van der Waals surface area contributed by atoms with Gasteiger partial charge in [-0.1, -0.05) is 35.9 Å². The fourth-order valence-corrected chi connectivity index (χ4v) is 3.94. The Morgan fingerprint density at radius 2 is 1.77 bits per heavy atom. The standard InChI is InChI=1S/C19H11ClO5S/c1-23-19(22)16-15(25-18(21)10-6-2-4-8-12(10)20)17-14(24-16)11-7-3-5-9-13(11)26-17/h2-9H,1H3. The van der Waals surface area contributed by atoms with Gasteiger partial charge in [0.25, 0.3) is 5.76 Å². The van der Waals surface area contributed by atoms with Gasteiger partial charge in [-0.05, 0) is 24.3 Å². The Labute approximate surface area is 156 Å². The van der Waals surface area contributed by atoms with E-state index in [9.17, 15) is 9.59 Å². The quantitative estimate of drug-likeness (QED) is 0.446. The van der Waals surface area contributed by atoms with Crippen molar-refractivity contribution in [1.82, 2.24) is 0 Å². The van der Waals surface area contributed by atoms with Crippen molar-refractivity contribution in [1.29, 1.82) is 0 Å². The molecule has 2 heterocycles. The Kier molecular flexibility index (Phi) is 4.14. The van der Waals surface area contributed by atoms with Crippen LogP contribution in [0.5, 0.6) is 5.75 Å². The molecule has 2 aromatic carbocycles. The highest BCUT2D eigenvalue weighted by atomic mass is 35.5. The zero-order valence-corrected chi connectivity index (χ0v) is 15.0. The Balaban J connectivity index is 1.87. The number of hydrogen-bond donors (Lipinski definition) is 0. The number of thiophene rings is 1. The SMILES string of the molecule is COC(=O)c1oc2c(sc3ccccc32)c1OC(=O)c1ccccc1Cl. The van der Waals surface area contributed by atoms with Gasteiger partial charge in [-0.3, -0.25) is 0 Å². The number of furan rings is 1. The molecule has 4 rings (SSSR count). The average molecular weight is 387 g/mol. The van der Waals surface area contributed by atoms with Crippen LogP contribution in [0, 0.1) is 0 Å². The van der Waals surface area contributed by atoms with Crippen LogP contribution in [-0.4, -0.2) is 19.0 Å². The van der Waals surface area contributed by atoms with Gasteiger partial charge >= 0.3 is 11.9 Å². The molecule has 0 saturated heterocycles. The van der Waals surface area contributed by atoms with Crippen molar-refractivity contribution in [3.63, 3.8) is 0 Å². The van der Waals surface area contributed by atoms with Crippen LogP contribution in [0.2, 0.25) is 5.02 Å². The van der Waals surface area contributed by atoms with Crippen molar-refractivity contribution in [2.24, 2.45) is 0 Å². The van der Waals surface area contributed by atoms with E-state index < -0.39 is 11.9 Å². The first-order chi connectivity index (χ1) is 12.6. The second-order valence-electron chi connectivity index (χ2n) is 5.38. The van der Waals surface area contributed by atoms with E-state index >= 15 is 0 Å². The summed E-state index contributed by atoms with van der Waals surface area (Å²) >= 11 is 7.42. The van der Waals surface area contributed by atoms with Gasteiger partial charge in [0.1, 0.15) is 4.70 Å². The summed E-state index contributed by atoms with van der Waals surface area (Å²) in [5, 5.41) is 1.09. The number of ether oxygens (including phenoxy) is 2. The maximum absolute atomic E-state index is 12.6. The molecule has 7 heteroatoms. The number of halogens is 1. The number of rotatable bonds is 3. The molecule has 2 aromatic heterocycles. The molecular formula is C19H11ClO5S. The van der Waals surface area contributed by atoms with Gasteiger partial charge in [0.2, 0.25) is 5.75 Å². The summed E-state index contributed by atoms with van der Waals surface area (Å²) in [5.41, 5.74) is 0.674. The van der Waals surface area contributed by atoms with Gasteiger partial charge in [-0.15, -0.1) is 11.3 Å². The lowest BCUT2D eigenvalue weighted by molar-refractivity contribution is 0.0558. The van der Waals surface area contributed by atoms with Crippen molar-refractivity contribution in [2.45, 2.75) is 0 Å². The highest BCUT2D eigenvalue weighted by Gasteiger charge is 2.28. The van der Waals surface area contributed by atoms with E-state index in [-0.39, 0.29) is 22.1 Å². The third kappa shape index (κ3) is 2.64. The number of methoxy groups -OCH3 is 1. The molecule has 0 spiro atoms. The van der Waals surface area contributed by atoms with Crippen molar-refractivity contribution >= 4 is 55.2 Å². The molecule has 0 aliphatic rings. The summed E-state index contributed by atoms with van der Waals surface area (Å²) in [6.45, 7) is 0. The highest BCUT2D eigenvalue weighted by molar-refractivity contribution is 7.26. The van der Waals surface area contributed by atoms with E-state index in [0.717, 1.165) is 10.1 Å². The van der Waals surface area contributed by atoms with Crippen LogP contribution in [0.1, 0.15) is 20.9 Å². The van der Waals surface area contributed by atoms with E-state index in [0.29, 0.717) is 10.3 Å². The Morgan fingerprint density at radius 3 is 2.54 bits per heavy atom. The van der Waals surface area contributed by atoms with E-state index in [1.807, 2.05) is 24.3 Å². The largest absolute Gasteiger partial charge is 0.463 e. The third-order valence-corrected chi connectivity index (χ3v) is 5.31. The summed E-state index contributed by atoms with van der Waals surface area (Å²) in [5.74, 6) is -1.52. The molecule has 5 nitrogen and oxygen atoms in total. The first-order valence-corrected chi connectivity index (χ1v) is 8.78. The van der Waals surface area contributed by atoms with Gasteiger partial charge in [-0.2, -0.15) is 0 Å².